The molecule has 3 rings (SSSR count). The van der Waals surface area contributed by atoms with Crippen LogP contribution in [0.4, 0.5) is 0 Å². The van der Waals surface area contributed by atoms with Gasteiger partial charge in [0, 0.05) is 12.8 Å². The van der Waals surface area contributed by atoms with Gasteiger partial charge in [-0.3, -0.25) is 9.79 Å². The molecule has 0 fully saturated rings. The number of rotatable bonds is 2. The van der Waals surface area contributed by atoms with Crippen molar-refractivity contribution < 1.29 is 4.79 Å². The number of aliphatic imine (C=N–C) groups is 1. The number of fused-ring (bicyclic) bond motifs is 1. The van der Waals surface area contributed by atoms with Crippen LogP contribution in [0, 0.1) is 0 Å². The second-order valence-corrected chi connectivity index (χ2v) is 4.88. The summed E-state index contributed by atoms with van der Waals surface area (Å²) in [4.78, 5) is 16.2. The second kappa shape index (κ2) is 4.50. The fourth-order valence-corrected chi connectivity index (χ4v) is 2.80. The molecular formula is C16H16N2O. The molecule has 1 N–H and O–H groups in total. The molecule has 2 aromatic carbocycles. The summed E-state index contributed by atoms with van der Waals surface area (Å²) in [6, 6.07) is 14.2. The highest BCUT2D eigenvalue weighted by Gasteiger charge is 2.38. The van der Waals surface area contributed by atoms with Crippen LogP contribution in [0.15, 0.2) is 47.5 Å². The number of carbonyl (C=O) groups excluding carboxylic acids is 1. The SMILES string of the molecule is CNC(=O)[C@@H]1N=C(C)[C@@H]1c1cccc2ccccc12. The number of amides is 1. The fourth-order valence-electron chi connectivity index (χ4n) is 2.80. The van der Waals surface area contributed by atoms with Crippen LogP contribution in [0.5, 0.6) is 0 Å². The maximum Gasteiger partial charge on any atom is 0.245 e. The lowest BCUT2D eigenvalue weighted by Gasteiger charge is -2.33. The Hall–Kier alpha value is -2.16. The lowest BCUT2D eigenvalue weighted by molar-refractivity contribution is -0.122. The molecule has 0 spiro atoms. The first kappa shape index (κ1) is 11.9. The van der Waals surface area contributed by atoms with Crippen LogP contribution < -0.4 is 5.32 Å². The number of hydrogen-bond donors (Lipinski definition) is 1. The van der Waals surface area contributed by atoms with Crippen molar-refractivity contribution in [1.82, 2.24) is 5.32 Å². The summed E-state index contributed by atoms with van der Waals surface area (Å²) in [6.07, 6.45) is 0. The average Bonchev–Trinajstić information content (AvgIpc) is 2.44. The standard InChI is InChI=1S/C16H16N2O/c1-10-14(15(18-10)16(19)17-2)13-9-5-7-11-6-3-4-8-12(11)13/h3-9,14-15H,1-2H3,(H,17,19)/t14-,15-/m1/s1. The molecule has 1 aliphatic heterocycles. The Kier molecular flexibility index (Phi) is 2.82. The van der Waals surface area contributed by atoms with Crippen LogP contribution in [0.1, 0.15) is 18.4 Å². The van der Waals surface area contributed by atoms with E-state index in [0.717, 1.165) is 5.71 Å². The van der Waals surface area contributed by atoms with Gasteiger partial charge in [0.1, 0.15) is 6.04 Å². The molecule has 3 heteroatoms. The Bertz CT molecular complexity index is 670. The normalized spacial score (nSPS) is 21.7. The third kappa shape index (κ3) is 1.82. The van der Waals surface area contributed by atoms with Gasteiger partial charge in [0.25, 0.3) is 0 Å². The van der Waals surface area contributed by atoms with Crippen molar-refractivity contribution in [3.05, 3.63) is 48.0 Å². The second-order valence-electron chi connectivity index (χ2n) is 4.88. The molecule has 19 heavy (non-hydrogen) atoms. The van der Waals surface area contributed by atoms with Gasteiger partial charge >= 0.3 is 0 Å². The topological polar surface area (TPSA) is 41.5 Å². The third-order valence-electron chi connectivity index (χ3n) is 3.78. The third-order valence-corrected chi connectivity index (χ3v) is 3.78. The summed E-state index contributed by atoms with van der Waals surface area (Å²) in [6.45, 7) is 1.99. The average molecular weight is 252 g/mol. The first-order valence-corrected chi connectivity index (χ1v) is 6.46. The molecule has 3 nitrogen and oxygen atoms in total. The molecule has 0 radical (unpaired) electrons. The molecule has 0 unspecified atom stereocenters. The van der Waals surface area contributed by atoms with Crippen LogP contribution in [0.25, 0.3) is 10.8 Å². The summed E-state index contributed by atoms with van der Waals surface area (Å²) in [5, 5.41) is 5.10. The smallest absolute Gasteiger partial charge is 0.245 e. The van der Waals surface area contributed by atoms with Gasteiger partial charge in [-0.2, -0.15) is 0 Å². The summed E-state index contributed by atoms with van der Waals surface area (Å²) < 4.78 is 0. The van der Waals surface area contributed by atoms with E-state index in [1.165, 1.54) is 16.3 Å². The molecule has 2 aromatic rings. The van der Waals surface area contributed by atoms with Crippen molar-refractivity contribution in [1.29, 1.82) is 0 Å². The van der Waals surface area contributed by atoms with Gasteiger partial charge < -0.3 is 5.32 Å². The zero-order valence-electron chi connectivity index (χ0n) is 11.1. The summed E-state index contributed by atoms with van der Waals surface area (Å²) in [7, 11) is 1.66. The summed E-state index contributed by atoms with van der Waals surface area (Å²) >= 11 is 0. The molecule has 0 saturated heterocycles. The summed E-state index contributed by atoms with van der Waals surface area (Å²) in [5.74, 6) is 0.0922. The quantitative estimate of drug-likeness (QED) is 0.876. The van der Waals surface area contributed by atoms with E-state index in [2.05, 4.69) is 34.6 Å². The highest BCUT2D eigenvalue weighted by molar-refractivity contribution is 6.06. The van der Waals surface area contributed by atoms with Crippen LogP contribution in [0.3, 0.4) is 0 Å². The number of hydrogen-bond acceptors (Lipinski definition) is 2. The van der Waals surface area contributed by atoms with Crippen molar-refractivity contribution in [2.45, 2.75) is 18.9 Å². The minimum Gasteiger partial charge on any atom is -0.357 e. The van der Waals surface area contributed by atoms with Gasteiger partial charge in [-0.1, -0.05) is 42.5 Å². The maximum absolute atomic E-state index is 11.8. The van der Waals surface area contributed by atoms with E-state index < -0.39 is 0 Å². The number of nitrogens with one attached hydrogen (secondary N) is 1. The number of benzene rings is 2. The Morgan fingerprint density at radius 1 is 1.16 bits per heavy atom. The van der Waals surface area contributed by atoms with Crippen LogP contribution >= 0.6 is 0 Å². The fraction of sp³-hybridized carbons (Fsp3) is 0.250. The van der Waals surface area contributed by atoms with Gasteiger partial charge in [-0.15, -0.1) is 0 Å². The van der Waals surface area contributed by atoms with E-state index in [4.69, 9.17) is 0 Å². The van der Waals surface area contributed by atoms with Crippen LogP contribution in [-0.4, -0.2) is 24.7 Å². The molecule has 0 aromatic heterocycles. The Labute approximate surface area is 112 Å². The van der Waals surface area contributed by atoms with Gasteiger partial charge in [0.05, 0.1) is 5.92 Å². The van der Waals surface area contributed by atoms with Crippen molar-refractivity contribution >= 4 is 22.4 Å². The van der Waals surface area contributed by atoms with Crippen LogP contribution in [-0.2, 0) is 4.79 Å². The molecule has 1 amide bonds. The van der Waals surface area contributed by atoms with E-state index in [1.54, 1.807) is 7.05 Å². The minimum absolute atomic E-state index is 0.0106. The summed E-state index contributed by atoms with van der Waals surface area (Å²) in [5.41, 5.74) is 2.23. The molecule has 0 saturated carbocycles. The zero-order chi connectivity index (χ0) is 13.4. The molecule has 1 aliphatic rings. The number of nitrogens with zero attached hydrogens (tertiary/aromatic N) is 1. The zero-order valence-corrected chi connectivity index (χ0v) is 11.1. The number of likely N-dealkylation sites (N-methyl/N-ethyl adjacent to an activating group) is 1. The maximum atomic E-state index is 11.8. The van der Waals surface area contributed by atoms with Gasteiger partial charge in [0.2, 0.25) is 5.91 Å². The molecular weight excluding hydrogens is 236 g/mol. The van der Waals surface area contributed by atoms with Gasteiger partial charge in [-0.25, -0.2) is 0 Å². The van der Waals surface area contributed by atoms with E-state index >= 15 is 0 Å². The predicted molar refractivity (Wildman–Crippen MR) is 77.7 cm³/mol. The van der Waals surface area contributed by atoms with Crippen molar-refractivity contribution in [2.75, 3.05) is 7.05 Å². The van der Waals surface area contributed by atoms with Crippen molar-refractivity contribution in [3.63, 3.8) is 0 Å². The van der Waals surface area contributed by atoms with Crippen molar-refractivity contribution in [3.8, 4) is 0 Å². The van der Waals surface area contributed by atoms with E-state index in [1.807, 2.05) is 25.1 Å². The van der Waals surface area contributed by atoms with Crippen molar-refractivity contribution in [2.24, 2.45) is 4.99 Å². The molecule has 2 atom stereocenters. The lowest BCUT2D eigenvalue weighted by atomic mass is 9.80. The molecule has 0 aliphatic carbocycles. The van der Waals surface area contributed by atoms with E-state index in [9.17, 15) is 4.79 Å². The highest BCUT2D eigenvalue weighted by Crippen LogP contribution is 2.36. The Morgan fingerprint density at radius 3 is 2.63 bits per heavy atom. The molecule has 96 valence electrons. The van der Waals surface area contributed by atoms with E-state index in [0.29, 0.717) is 0 Å². The Balaban J connectivity index is 2.10. The number of carbonyl (C=O) groups is 1. The van der Waals surface area contributed by atoms with Gasteiger partial charge in [0.15, 0.2) is 0 Å². The Morgan fingerprint density at radius 2 is 1.89 bits per heavy atom. The largest absolute Gasteiger partial charge is 0.357 e. The first-order valence-electron chi connectivity index (χ1n) is 6.46. The van der Waals surface area contributed by atoms with Gasteiger partial charge in [-0.05, 0) is 23.3 Å². The molecule has 0 bridgehead atoms. The molecule has 1 heterocycles. The predicted octanol–water partition coefficient (Wildman–Crippen LogP) is 2.51. The monoisotopic (exact) mass is 252 g/mol. The lowest BCUT2D eigenvalue weighted by Crippen LogP contribution is -2.44. The van der Waals surface area contributed by atoms with E-state index in [-0.39, 0.29) is 17.9 Å². The highest BCUT2D eigenvalue weighted by atomic mass is 16.2. The minimum atomic E-state index is -0.282. The first-order chi connectivity index (χ1) is 9.22. The van der Waals surface area contributed by atoms with Crippen LogP contribution in [0.2, 0.25) is 0 Å².